The molecule has 0 amide bonds. The Morgan fingerprint density at radius 1 is 0.923 bits per heavy atom. The van der Waals surface area contributed by atoms with E-state index in [1.54, 1.807) is 19.1 Å². The topological polar surface area (TPSA) is 57.1 Å². The molecule has 0 unspecified atom stereocenters. The first-order valence-corrected chi connectivity index (χ1v) is 7.90. The molecule has 0 spiro atoms. The minimum Gasteiger partial charge on any atom is -0.497 e. The molecule has 3 rings (SSSR count). The first-order valence-electron chi connectivity index (χ1n) is 7.52. The van der Waals surface area contributed by atoms with Gasteiger partial charge in [-0.3, -0.25) is 0 Å². The average molecular weight is 378 g/mol. The number of aryl methyl sites for hydroxylation is 1. The number of nitrogens with zero attached hydrogens (tertiary/aromatic N) is 3. The summed E-state index contributed by atoms with van der Waals surface area (Å²) in [7, 11) is 2.68. The molecular formula is C18H14ClF2N3O2. The fraction of sp³-hybridized carbons (Fsp3) is 0.167. The van der Waals surface area contributed by atoms with Gasteiger partial charge in [-0.2, -0.15) is 5.10 Å². The molecule has 0 aliphatic rings. The monoisotopic (exact) mass is 377 g/mol. The van der Waals surface area contributed by atoms with Crippen LogP contribution in [0.2, 0.25) is 5.15 Å². The number of aromatic nitrogens is 3. The zero-order valence-corrected chi connectivity index (χ0v) is 14.9. The fourth-order valence-corrected chi connectivity index (χ4v) is 2.78. The molecule has 0 aliphatic heterocycles. The van der Waals surface area contributed by atoms with Crippen molar-refractivity contribution in [1.29, 1.82) is 0 Å². The number of ether oxygens (including phenoxy) is 2. The van der Waals surface area contributed by atoms with Crippen LogP contribution in [0, 0.1) is 18.6 Å². The summed E-state index contributed by atoms with van der Waals surface area (Å²) < 4.78 is 39.6. The summed E-state index contributed by atoms with van der Waals surface area (Å²) in [4.78, 5) is 4.03. The Kier molecular flexibility index (Phi) is 4.99. The highest BCUT2D eigenvalue weighted by molar-refractivity contribution is 6.29. The van der Waals surface area contributed by atoms with Crippen molar-refractivity contribution in [2.24, 2.45) is 0 Å². The molecule has 0 radical (unpaired) electrons. The number of rotatable bonds is 4. The largest absolute Gasteiger partial charge is 0.497 e. The molecule has 0 aliphatic carbocycles. The molecule has 0 fully saturated rings. The van der Waals surface area contributed by atoms with E-state index in [-0.39, 0.29) is 22.8 Å². The molecule has 1 aromatic carbocycles. The van der Waals surface area contributed by atoms with Gasteiger partial charge in [-0.05, 0) is 19.1 Å². The first-order chi connectivity index (χ1) is 12.5. The van der Waals surface area contributed by atoms with E-state index in [2.05, 4.69) is 15.2 Å². The van der Waals surface area contributed by atoms with Crippen LogP contribution in [0.3, 0.4) is 0 Å². The van der Waals surface area contributed by atoms with Crippen LogP contribution in [-0.4, -0.2) is 29.4 Å². The third-order valence-electron chi connectivity index (χ3n) is 3.83. The van der Waals surface area contributed by atoms with Crippen molar-refractivity contribution in [2.45, 2.75) is 6.92 Å². The van der Waals surface area contributed by atoms with E-state index >= 15 is 0 Å². The van der Waals surface area contributed by atoms with Crippen LogP contribution in [0.1, 0.15) is 5.69 Å². The second-order valence-electron chi connectivity index (χ2n) is 5.38. The van der Waals surface area contributed by atoms with Gasteiger partial charge in [0.2, 0.25) is 5.88 Å². The number of hydrogen-bond donors (Lipinski definition) is 0. The van der Waals surface area contributed by atoms with Crippen LogP contribution in [0.15, 0.2) is 30.5 Å². The maximum atomic E-state index is 14.7. The third kappa shape index (κ3) is 3.17. The van der Waals surface area contributed by atoms with Gasteiger partial charge in [-0.1, -0.05) is 11.6 Å². The Morgan fingerprint density at radius 3 is 2.15 bits per heavy atom. The molecule has 5 nitrogen and oxygen atoms in total. The van der Waals surface area contributed by atoms with Gasteiger partial charge in [-0.15, -0.1) is 5.10 Å². The fourth-order valence-electron chi connectivity index (χ4n) is 2.67. The zero-order chi connectivity index (χ0) is 18.8. The molecule has 0 atom stereocenters. The lowest BCUT2D eigenvalue weighted by molar-refractivity contribution is 0.392. The maximum absolute atomic E-state index is 14.7. The highest BCUT2D eigenvalue weighted by Crippen LogP contribution is 2.42. The Balaban J connectivity index is 2.37. The van der Waals surface area contributed by atoms with Crippen molar-refractivity contribution in [3.05, 3.63) is 52.9 Å². The van der Waals surface area contributed by atoms with Gasteiger partial charge in [0.05, 0.1) is 31.0 Å². The number of hydrogen-bond acceptors (Lipinski definition) is 5. The molecule has 134 valence electrons. The van der Waals surface area contributed by atoms with Gasteiger partial charge >= 0.3 is 0 Å². The molecular weight excluding hydrogens is 364 g/mol. The molecule has 3 aromatic rings. The predicted octanol–water partition coefficient (Wildman–Crippen LogP) is 4.46. The van der Waals surface area contributed by atoms with Crippen molar-refractivity contribution in [3.63, 3.8) is 0 Å². The van der Waals surface area contributed by atoms with Crippen LogP contribution in [0.25, 0.3) is 22.3 Å². The summed E-state index contributed by atoms with van der Waals surface area (Å²) in [6.07, 6.45) is 1.49. The molecule has 8 heteroatoms. The van der Waals surface area contributed by atoms with E-state index in [1.165, 1.54) is 20.4 Å². The minimum atomic E-state index is -0.810. The summed E-state index contributed by atoms with van der Waals surface area (Å²) in [5, 5.41) is 8.24. The highest BCUT2D eigenvalue weighted by Gasteiger charge is 2.25. The molecule has 2 heterocycles. The molecule has 0 bridgehead atoms. The lowest BCUT2D eigenvalue weighted by atomic mass is 9.94. The van der Waals surface area contributed by atoms with Gasteiger partial charge < -0.3 is 9.47 Å². The van der Waals surface area contributed by atoms with Crippen LogP contribution >= 0.6 is 11.6 Å². The average Bonchev–Trinajstić information content (AvgIpc) is 2.62. The molecule has 0 saturated heterocycles. The van der Waals surface area contributed by atoms with E-state index in [1.807, 2.05) is 0 Å². The molecule has 0 N–H and O–H groups in total. The predicted molar refractivity (Wildman–Crippen MR) is 93.5 cm³/mol. The van der Waals surface area contributed by atoms with E-state index in [4.69, 9.17) is 21.1 Å². The second-order valence-corrected chi connectivity index (χ2v) is 5.77. The molecule has 26 heavy (non-hydrogen) atoms. The normalized spacial score (nSPS) is 10.7. The maximum Gasteiger partial charge on any atom is 0.241 e. The minimum absolute atomic E-state index is 0.0106. The van der Waals surface area contributed by atoms with Gasteiger partial charge in [-0.25, -0.2) is 13.8 Å². The van der Waals surface area contributed by atoms with Gasteiger partial charge in [0, 0.05) is 29.5 Å². The van der Waals surface area contributed by atoms with Crippen molar-refractivity contribution < 1.29 is 18.3 Å². The van der Waals surface area contributed by atoms with Gasteiger partial charge in [0.25, 0.3) is 0 Å². The Labute approximate surface area is 153 Å². The van der Waals surface area contributed by atoms with Crippen molar-refractivity contribution in [2.75, 3.05) is 14.2 Å². The number of pyridine rings is 1. The number of benzene rings is 1. The Morgan fingerprint density at radius 2 is 1.62 bits per heavy atom. The number of methoxy groups -OCH3 is 2. The van der Waals surface area contributed by atoms with Crippen LogP contribution in [-0.2, 0) is 0 Å². The molecule has 0 saturated carbocycles. The lowest BCUT2D eigenvalue weighted by Crippen LogP contribution is -2.04. The highest BCUT2D eigenvalue weighted by atomic mass is 35.5. The van der Waals surface area contributed by atoms with Crippen molar-refractivity contribution >= 4 is 11.6 Å². The van der Waals surface area contributed by atoms with Gasteiger partial charge in [0.15, 0.2) is 0 Å². The smallest absolute Gasteiger partial charge is 0.241 e. The summed E-state index contributed by atoms with van der Waals surface area (Å²) in [5.41, 5.74) is 1.33. The summed E-state index contributed by atoms with van der Waals surface area (Å²) in [5.74, 6) is -1.56. The zero-order valence-electron chi connectivity index (χ0n) is 14.2. The quantitative estimate of drug-likeness (QED) is 0.628. The van der Waals surface area contributed by atoms with Crippen LogP contribution in [0.4, 0.5) is 8.78 Å². The van der Waals surface area contributed by atoms with E-state index in [9.17, 15) is 8.78 Å². The number of halogens is 3. The SMILES string of the molecule is COc1cc(F)c(-c2c(OC)nnc(C)c2-c2ccc(Cl)nc2)c(F)c1. The summed E-state index contributed by atoms with van der Waals surface area (Å²) in [6.45, 7) is 1.68. The van der Waals surface area contributed by atoms with E-state index in [0.717, 1.165) is 12.1 Å². The summed E-state index contributed by atoms with van der Waals surface area (Å²) in [6, 6.07) is 5.45. The van der Waals surface area contributed by atoms with Gasteiger partial charge in [0.1, 0.15) is 22.5 Å². The lowest BCUT2D eigenvalue weighted by Gasteiger charge is -2.16. The Bertz CT molecular complexity index is 942. The standard InChI is InChI=1S/C18H14ClF2N3O2/c1-9-15(10-4-5-14(19)22-8-10)17(18(26-3)24-23-9)16-12(20)6-11(25-2)7-13(16)21/h4-8H,1-3H3. The van der Waals surface area contributed by atoms with Crippen molar-refractivity contribution in [3.8, 4) is 33.9 Å². The Hall–Kier alpha value is -2.80. The third-order valence-corrected chi connectivity index (χ3v) is 4.05. The van der Waals surface area contributed by atoms with Crippen molar-refractivity contribution in [1.82, 2.24) is 15.2 Å². The summed E-state index contributed by atoms with van der Waals surface area (Å²) >= 11 is 5.84. The first kappa shape index (κ1) is 18.0. The second kappa shape index (κ2) is 7.21. The van der Waals surface area contributed by atoms with Crippen LogP contribution < -0.4 is 9.47 Å². The van der Waals surface area contributed by atoms with E-state index in [0.29, 0.717) is 22.0 Å². The van der Waals surface area contributed by atoms with E-state index < -0.39 is 11.6 Å². The molecule has 2 aromatic heterocycles. The van der Waals surface area contributed by atoms with Crippen LogP contribution in [0.5, 0.6) is 11.6 Å².